The number of allylic oxidation sites excluding steroid dienone is 1. The molecule has 0 saturated heterocycles. The zero-order chi connectivity index (χ0) is 8.10. The molecule has 0 aromatic heterocycles. The first kappa shape index (κ1) is 8.85. The van der Waals surface area contributed by atoms with Gasteiger partial charge in [-0.3, -0.25) is 4.79 Å². The molecule has 0 aromatic rings. The Hall–Kier alpha value is -0.240. The maximum Gasteiger partial charge on any atom is 0.159 e. The van der Waals surface area contributed by atoms with Gasteiger partial charge in [0.25, 0.3) is 0 Å². The molecule has 1 rings (SSSR count). The van der Waals surface area contributed by atoms with E-state index in [-0.39, 0.29) is 0 Å². The molecule has 0 amide bonds. The number of rotatable bonds is 3. The van der Waals surface area contributed by atoms with E-state index in [4.69, 9.17) is 0 Å². The third-order valence-corrected chi connectivity index (χ3v) is 2.74. The van der Waals surface area contributed by atoms with Crippen LogP contribution in [-0.4, -0.2) is 17.3 Å². The normalized spacial score (nSPS) is 18.3. The molecule has 1 aliphatic rings. The number of hydrogen-bond donors (Lipinski definition) is 0. The zero-order valence-electron chi connectivity index (χ0n) is 6.93. The van der Waals surface area contributed by atoms with Gasteiger partial charge in [-0.2, -0.15) is 11.8 Å². The van der Waals surface area contributed by atoms with E-state index in [0.717, 1.165) is 36.3 Å². The first-order valence-corrected chi connectivity index (χ1v) is 5.30. The van der Waals surface area contributed by atoms with Crippen LogP contribution in [0.3, 0.4) is 0 Å². The van der Waals surface area contributed by atoms with Crippen LogP contribution in [-0.2, 0) is 4.79 Å². The molecule has 62 valence electrons. The fourth-order valence-electron chi connectivity index (χ4n) is 1.16. The molecule has 0 heterocycles. The maximum atomic E-state index is 11.2. The predicted octanol–water partition coefficient (Wildman–Crippen LogP) is 2.42. The fourth-order valence-corrected chi connectivity index (χ4v) is 1.87. The highest BCUT2D eigenvalue weighted by Crippen LogP contribution is 2.17. The summed E-state index contributed by atoms with van der Waals surface area (Å²) in [5.41, 5.74) is 1.06. The van der Waals surface area contributed by atoms with Gasteiger partial charge in [0.2, 0.25) is 0 Å². The van der Waals surface area contributed by atoms with Crippen LogP contribution in [0, 0.1) is 0 Å². The lowest BCUT2D eigenvalue weighted by Crippen LogP contribution is -2.08. The van der Waals surface area contributed by atoms with E-state index in [1.807, 2.05) is 11.8 Å². The summed E-state index contributed by atoms with van der Waals surface area (Å²) in [6.07, 6.45) is 5.04. The van der Waals surface area contributed by atoms with E-state index < -0.39 is 0 Å². The average Bonchev–Trinajstić information content (AvgIpc) is 2.03. The molecule has 0 fully saturated rings. The van der Waals surface area contributed by atoms with Gasteiger partial charge >= 0.3 is 0 Å². The van der Waals surface area contributed by atoms with Crippen LogP contribution in [0.5, 0.6) is 0 Å². The molecule has 0 radical (unpaired) electrons. The summed E-state index contributed by atoms with van der Waals surface area (Å²) in [7, 11) is 0. The molecule has 0 unspecified atom stereocenters. The molecule has 0 aliphatic heterocycles. The monoisotopic (exact) mass is 170 g/mol. The van der Waals surface area contributed by atoms with E-state index in [2.05, 4.69) is 13.0 Å². The van der Waals surface area contributed by atoms with Crippen molar-refractivity contribution in [1.82, 2.24) is 0 Å². The minimum atomic E-state index is 0.372. The van der Waals surface area contributed by atoms with E-state index in [0.29, 0.717) is 5.78 Å². The fraction of sp³-hybridized carbons (Fsp3) is 0.667. The number of carbonyl (C=O) groups excluding carboxylic acids is 1. The Bertz CT molecular complexity index is 172. The minimum absolute atomic E-state index is 0.372. The number of hydrogen-bond acceptors (Lipinski definition) is 2. The number of carbonyl (C=O) groups is 1. The van der Waals surface area contributed by atoms with Crippen molar-refractivity contribution in [2.45, 2.75) is 26.2 Å². The van der Waals surface area contributed by atoms with Crippen LogP contribution in [0.2, 0.25) is 0 Å². The van der Waals surface area contributed by atoms with Crippen molar-refractivity contribution in [1.29, 1.82) is 0 Å². The Morgan fingerprint density at radius 2 is 2.45 bits per heavy atom. The summed E-state index contributed by atoms with van der Waals surface area (Å²) in [6.45, 7) is 2.12. The van der Waals surface area contributed by atoms with Crippen molar-refractivity contribution in [3.63, 3.8) is 0 Å². The lowest BCUT2D eigenvalue weighted by molar-refractivity contribution is -0.115. The standard InChI is InChI=1S/C9H14OS/c1-2-11-7-8-5-3-4-6-9(8)10/h5H,2-4,6-7H2,1H3. The minimum Gasteiger partial charge on any atom is -0.295 e. The van der Waals surface area contributed by atoms with Gasteiger partial charge in [0, 0.05) is 17.7 Å². The topological polar surface area (TPSA) is 17.1 Å². The van der Waals surface area contributed by atoms with Crippen LogP contribution >= 0.6 is 11.8 Å². The highest BCUT2D eigenvalue weighted by atomic mass is 32.2. The lowest BCUT2D eigenvalue weighted by atomic mass is 10.00. The van der Waals surface area contributed by atoms with Crippen LogP contribution < -0.4 is 0 Å². The Morgan fingerprint density at radius 1 is 1.64 bits per heavy atom. The number of ketones is 1. The summed E-state index contributed by atoms with van der Waals surface area (Å²) in [5, 5.41) is 0. The van der Waals surface area contributed by atoms with Gasteiger partial charge in [-0.15, -0.1) is 0 Å². The Morgan fingerprint density at radius 3 is 3.09 bits per heavy atom. The molecule has 0 aromatic carbocycles. The van der Waals surface area contributed by atoms with Gasteiger partial charge < -0.3 is 0 Å². The van der Waals surface area contributed by atoms with Gasteiger partial charge in [0.15, 0.2) is 5.78 Å². The second kappa shape index (κ2) is 4.60. The van der Waals surface area contributed by atoms with Gasteiger partial charge in [-0.25, -0.2) is 0 Å². The summed E-state index contributed by atoms with van der Waals surface area (Å²) in [5.74, 6) is 2.40. The molecule has 2 heteroatoms. The molecule has 11 heavy (non-hydrogen) atoms. The van der Waals surface area contributed by atoms with Crippen molar-refractivity contribution < 1.29 is 4.79 Å². The van der Waals surface area contributed by atoms with Crippen LogP contribution in [0.4, 0.5) is 0 Å². The lowest BCUT2D eigenvalue weighted by Gasteiger charge is -2.09. The number of thioether (sulfide) groups is 1. The molecule has 0 saturated carbocycles. The average molecular weight is 170 g/mol. The molecular formula is C9H14OS. The molecular weight excluding hydrogens is 156 g/mol. The van der Waals surface area contributed by atoms with Gasteiger partial charge in [-0.05, 0) is 18.6 Å². The SMILES string of the molecule is CCSCC1=CCCCC1=O. The van der Waals surface area contributed by atoms with Crippen molar-refractivity contribution in [3.8, 4) is 0 Å². The van der Waals surface area contributed by atoms with E-state index >= 15 is 0 Å². The van der Waals surface area contributed by atoms with Crippen LogP contribution in [0.1, 0.15) is 26.2 Å². The first-order valence-electron chi connectivity index (χ1n) is 4.14. The Labute approximate surface area is 72.2 Å². The summed E-state index contributed by atoms with van der Waals surface area (Å²) in [4.78, 5) is 11.2. The second-order valence-corrected chi connectivity index (χ2v) is 3.96. The summed E-state index contributed by atoms with van der Waals surface area (Å²) >= 11 is 1.83. The highest BCUT2D eigenvalue weighted by molar-refractivity contribution is 7.99. The highest BCUT2D eigenvalue weighted by Gasteiger charge is 2.12. The maximum absolute atomic E-state index is 11.2. The van der Waals surface area contributed by atoms with Crippen molar-refractivity contribution in [3.05, 3.63) is 11.6 Å². The first-order chi connectivity index (χ1) is 5.34. The Balaban J connectivity index is 2.41. The van der Waals surface area contributed by atoms with E-state index in [9.17, 15) is 4.79 Å². The molecule has 0 atom stereocenters. The van der Waals surface area contributed by atoms with E-state index in [1.54, 1.807) is 0 Å². The summed E-state index contributed by atoms with van der Waals surface area (Å²) < 4.78 is 0. The van der Waals surface area contributed by atoms with Crippen molar-refractivity contribution in [2.75, 3.05) is 11.5 Å². The zero-order valence-corrected chi connectivity index (χ0v) is 7.75. The summed E-state index contributed by atoms with van der Waals surface area (Å²) in [6, 6.07) is 0. The van der Waals surface area contributed by atoms with Crippen LogP contribution in [0.15, 0.2) is 11.6 Å². The second-order valence-electron chi connectivity index (χ2n) is 2.68. The number of Topliss-reactive ketones (excluding diaryl/α,β-unsaturated/α-hetero) is 1. The molecule has 0 spiro atoms. The van der Waals surface area contributed by atoms with Gasteiger partial charge in [0.1, 0.15) is 0 Å². The largest absolute Gasteiger partial charge is 0.295 e. The predicted molar refractivity (Wildman–Crippen MR) is 49.9 cm³/mol. The van der Waals surface area contributed by atoms with Gasteiger partial charge in [-0.1, -0.05) is 13.0 Å². The smallest absolute Gasteiger partial charge is 0.159 e. The van der Waals surface area contributed by atoms with Crippen molar-refractivity contribution in [2.24, 2.45) is 0 Å². The van der Waals surface area contributed by atoms with Crippen molar-refractivity contribution >= 4 is 17.5 Å². The van der Waals surface area contributed by atoms with Crippen LogP contribution in [0.25, 0.3) is 0 Å². The van der Waals surface area contributed by atoms with E-state index in [1.165, 1.54) is 0 Å². The third-order valence-electron chi connectivity index (χ3n) is 1.82. The molecule has 1 nitrogen and oxygen atoms in total. The quantitative estimate of drug-likeness (QED) is 0.647. The van der Waals surface area contributed by atoms with Gasteiger partial charge in [0.05, 0.1) is 0 Å². The third kappa shape index (κ3) is 2.70. The molecule has 1 aliphatic carbocycles. The molecule has 0 bridgehead atoms. The Kier molecular flexibility index (Phi) is 3.70. The molecule has 0 N–H and O–H groups in total.